The molecule has 22 heavy (non-hydrogen) atoms. The van der Waals surface area contributed by atoms with E-state index in [1.165, 1.54) is 16.7 Å². The number of carbonyl (C=O) groups is 1. The molecule has 3 N–H and O–H groups in total. The van der Waals surface area contributed by atoms with Crippen LogP contribution in [0.3, 0.4) is 0 Å². The third-order valence-electron chi connectivity index (χ3n) is 3.69. The molecule has 3 rings (SSSR count). The van der Waals surface area contributed by atoms with Crippen LogP contribution in [0.4, 0.5) is 4.79 Å². The summed E-state index contributed by atoms with van der Waals surface area (Å²) < 4.78 is 0. The van der Waals surface area contributed by atoms with Crippen LogP contribution < -0.4 is 11.3 Å². The molecular weight excluding hydrogens is 298 g/mol. The molecule has 1 aliphatic rings. The molecule has 0 saturated carbocycles. The van der Waals surface area contributed by atoms with Gasteiger partial charge in [-0.15, -0.1) is 11.8 Å². The van der Waals surface area contributed by atoms with Crippen LogP contribution in [0.25, 0.3) is 10.8 Å². The lowest BCUT2D eigenvalue weighted by molar-refractivity contribution is 0.211. The Hall–Kier alpha value is -2.31. The van der Waals surface area contributed by atoms with Crippen molar-refractivity contribution in [2.24, 2.45) is 5.84 Å². The van der Waals surface area contributed by atoms with Gasteiger partial charge in [0.05, 0.1) is 0 Å². The third kappa shape index (κ3) is 2.26. The van der Waals surface area contributed by atoms with E-state index in [-0.39, 0.29) is 11.1 Å². The van der Waals surface area contributed by atoms with Crippen LogP contribution in [0.1, 0.15) is 16.5 Å². The molecule has 5 nitrogen and oxygen atoms in total. The zero-order valence-corrected chi connectivity index (χ0v) is 12.7. The molecule has 1 aliphatic heterocycles. The molecule has 6 heteroatoms. The third-order valence-corrected chi connectivity index (χ3v) is 4.77. The highest BCUT2D eigenvalue weighted by Gasteiger charge is 2.34. The van der Waals surface area contributed by atoms with Gasteiger partial charge in [-0.25, -0.2) is 10.6 Å². The summed E-state index contributed by atoms with van der Waals surface area (Å²) in [5, 5.41) is 3.46. The Morgan fingerprint density at radius 3 is 2.68 bits per heavy atom. The maximum Gasteiger partial charge on any atom is 0.337 e. The predicted octanol–water partition coefficient (Wildman–Crippen LogP) is 2.73. The number of hydrazine groups is 1. The molecule has 0 spiro atoms. The van der Waals surface area contributed by atoms with Crippen molar-refractivity contribution in [2.45, 2.75) is 12.3 Å². The highest BCUT2D eigenvalue weighted by molar-refractivity contribution is 8.02. The van der Waals surface area contributed by atoms with E-state index < -0.39 is 6.03 Å². The van der Waals surface area contributed by atoms with Gasteiger partial charge in [0.2, 0.25) is 0 Å². The second-order valence-corrected chi connectivity index (χ2v) is 5.88. The Morgan fingerprint density at radius 2 is 2.00 bits per heavy atom. The first kappa shape index (κ1) is 14.6. The normalized spacial score (nSPS) is 17.5. The molecule has 0 saturated heterocycles. The van der Waals surface area contributed by atoms with Gasteiger partial charge in [0.1, 0.15) is 11.1 Å². The Balaban J connectivity index is 2.13. The molecule has 0 fully saturated rings. The fraction of sp³-hybridized carbons (Fsp3) is 0.125. The maximum absolute atomic E-state index is 12.0. The van der Waals surface area contributed by atoms with Crippen LogP contribution in [0.5, 0.6) is 0 Å². The number of nitrogens with two attached hydrogens (primary N) is 1. The largest absolute Gasteiger partial charge is 0.337 e. The molecule has 2 amide bonds. The van der Waals surface area contributed by atoms with Crippen LogP contribution in [0.2, 0.25) is 0 Å². The first-order valence-corrected chi connectivity index (χ1v) is 7.63. The summed E-state index contributed by atoms with van der Waals surface area (Å²) in [5.74, 6) is 5.24. The van der Waals surface area contributed by atoms with Gasteiger partial charge in [-0.2, -0.15) is 0 Å². The molecule has 0 aliphatic carbocycles. The number of fused-ring (bicyclic) bond motifs is 1. The van der Waals surface area contributed by atoms with Crippen molar-refractivity contribution in [3.8, 4) is 0 Å². The van der Waals surface area contributed by atoms with E-state index in [2.05, 4.69) is 5.43 Å². The number of benzene rings is 2. The number of nitrogens with zero attached hydrogens (tertiary/aromatic N) is 1. The summed E-state index contributed by atoms with van der Waals surface area (Å²) in [5.41, 5.74) is 4.38. The molecule has 1 unspecified atom stereocenters. The predicted molar refractivity (Wildman–Crippen MR) is 87.4 cm³/mol. The van der Waals surface area contributed by atoms with Gasteiger partial charge in [0.25, 0.3) is 6.29 Å². The molecule has 0 aromatic heterocycles. The number of carbonyl (C=O) groups excluding carboxylic acids is 2. The van der Waals surface area contributed by atoms with Gasteiger partial charge in [0.15, 0.2) is 0 Å². The van der Waals surface area contributed by atoms with Crippen LogP contribution in [-0.2, 0) is 4.79 Å². The van der Waals surface area contributed by atoms with Gasteiger partial charge in [0, 0.05) is 5.41 Å². The van der Waals surface area contributed by atoms with E-state index in [1.807, 2.05) is 43.3 Å². The van der Waals surface area contributed by atoms with Crippen molar-refractivity contribution in [3.05, 3.63) is 58.6 Å². The summed E-state index contributed by atoms with van der Waals surface area (Å²) in [6.07, 6.45) is 1.79. The standard InChI is InChI=1S/C16H14N3O2S/c1-10-6-7-14(13-5-3-2-4-12(10)13)15-19(16(21)18-17)11(8-20)9-22-15/h2-7,9,15H,17H2,1H3,(H,18,21). The van der Waals surface area contributed by atoms with Crippen LogP contribution >= 0.6 is 11.8 Å². The Morgan fingerprint density at radius 1 is 1.27 bits per heavy atom. The van der Waals surface area contributed by atoms with Crippen LogP contribution in [-0.4, -0.2) is 17.2 Å². The molecule has 2 aromatic carbocycles. The van der Waals surface area contributed by atoms with Crippen molar-refractivity contribution in [3.63, 3.8) is 0 Å². The zero-order valence-electron chi connectivity index (χ0n) is 11.9. The second kappa shape index (κ2) is 5.82. The van der Waals surface area contributed by atoms with Crippen LogP contribution in [0.15, 0.2) is 47.5 Å². The Kier molecular flexibility index (Phi) is 3.87. The van der Waals surface area contributed by atoms with Gasteiger partial charge in [-0.1, -0.05) is 36.4 Å². The van der Waals surface area contributed by atoms with Crippen molar-refractivity contribution in [2.75, 3.05) is 0 Å². The van der Waals surface area contributed by atoms with E-state index in [0.717, 1.165) is 21.9 Å². The van der Waals surface area contributed by atoms with Gasteiger partial charge in [-0.3, -0.25) is 15.1 Å². The number of thioether (sulfide) groups is 1. The maximum atomic E-state index is 12.0. The van der Waals surface area contributed by atoms with Gasteiger partial charge < -0.3 is 0 Å². The summed E-state index contributed by atoms with van der Waals surface area (Å²) in [6.45, 7) is 2.04. The van der Waals surface area contributed by atoms with E-state index in [1.54, 1.807) is 11.7 Å². The number of hydrogen-bond donors (Lipinski definition) is 2. The Labute approximate surface area is 132 Å². The monoisotopic (exact) mass is 312 g/mol. The quantitative estimate of drug-likeness (QED) is 0.508. The fourth-order valence-corrected chi connectivity index (χ4v) is 3.73. The van der Waals surface area contributed by atoms with E-state index in [0.29, 0.717) is 0 Å². The molecule has 1 radical (unpaired) electrons. The lowest BCUT2D eigenvalue weighted by Crippen LogP contribution is -2.42. The minimum absolute atomic E-state index is 0.183. The molecule has 111 valence electrons. The van der Waals surface area contributed by atoms with E-state index in [4.69, 9.17) is 5.84 Å². The SMILES string of the molecule is Cc1ccc(C2SC=C([C]=O)N2C(=O)NN)c2ccccc12. The van der Waals surface area contributed by atoms with Gasteiger partial charge >= 0.3 is 6.03 Å². The van der Waals surface area contributed by atoms with Crippen molar-refractivity contribution in [1.29, 1.82) is 0 Å². The molecular formula is C16H14N3O2S. The van der Waals surface area contributed by atoms with E-state index >= 15 is 0 Å². The van der Waals surface area contributed by atoms with Gasteiger partial charge in [-0.05, 0) is 28.8 Å². The van der Waals surface area contributed by atoms with E-state index in [9.17, 15) is 9.59 Å². The number of aryl methyl sites for hydroxylation is 1. The highest BCUT2D eigenvalue weighted by Crippen LogP contribution is 2.44. The Bertz CT molecular complexity index is 788. The van der Waals surface area contributed by atoms with Crippen molar-refractivity contribution in [1.82, 2.24) is 10.3 Å². The second-order valence-electron chi connectivity index (χ2n) is 4.93. The zero-order chi connectivity index (χ0) is 15.7. The summed E-state index contributed by atoms with van der Waals surface area (Å²) in [4.78, 5) is 24.4. The first-order chi connectivity index (χ1) is 10.7. The topological polar surface area (TPSA) is 75.4 Å². The first-order valence-electron chi connectivity index (χ1n) is 6.69. The van der Waals surface area contributed by atoms with Crippen molar-refractivity contribution < 1.29 is 9.59 Å². The lowest BCUT2D eigenvalue weighted by Gasteiger charge is -2.25. The minimum Gasteiger partial charge on any atom is -0.283 e. The lowest BCUT2D eigenvalue weighted by atomic mass is 10.00. The average Bonchev–Trinajstić information content (AvgIpc) is 2.98. The molecule has 0 bridgehead atoms. The smallest absolute Gasteiger partial charge is 0.283 e. The van der Waals surface area contributed by atoms with Crippen LogP contribution in [0, 0.1) is 6.92 Å². The minimum atomic E-state index is -0.533. The summed E-state index contributed by atoms with van der Waals surface area (Å²) in [7, 11) is 0. The number of hydrogen-bond acceptors (Lipinski definition) is 4. The molecule has 1 heterocycles. The number of nitrogens with one attached hydrogen (secondary N) is 1. The fourth-order valence-electron chi connectivity index (χ4n) is 2.63. The molecule has 1 atom stereocenters. The highest BCUT2D eigenvalue weighted by atomic mass is 32.2. The summed E-state index contributed by atoms with van der Waals surface area (Å²) >= 11 is 1.39. The summed E-state index contributed by atoms with van der Waals surface area (Å²) in [6, 6.07) is 11.5. The number of amides is 2. The van der Waals surface area contributed by atoms with Crippen molar-refractivity contribution >= 4 is 34.9 Å². The molecule has 2 aromatic rings. The average molecular weight is 312 g/mol. The number of allylic oxidation sites excluding steroid dienone is 1. The number of rotatable bonds is 2. The number of urea groups is 1.